The van der Waals surface area contributed by atoms with Crippen LogP contribution >= 0.6 is 0 Å². The number of carboxylic acid groups (broad SMARTS) is 1. The molecule has 1 amide bonds. The van der Waals surface area contributed by atoms with Gasteiger partial charge in [0.15, 0.2) is 0 Å². The topological polar surface area (TPSA) is 83.9 Å². The highest BCUT2D eigenvalue weighted by molar-refractivity contribution is 5.97. The van der Waals surface area contributed by atoms with E-state index in [0.29, 0.717) is 5.69 Å². The zero-order chi connectivity index (χ0) is 12.8. The van der Waals surface area contributed by atoms with Crippen LogP contribution < -0.4 is 4.90 Å². The number of carbonyl (C=O) groups excluding carboxylic acids is 2. The molecule has 0 heterocycles. The van der Waals surface area contributed by atoms with Gasteiger partial charge in [0.2, 0.25) is 5.91 Å². The fourth-order valence-electron chi connectivity index (χ4n) is 1.25. The van der Waals surface area contributed by atoms with Gasteiger partial charge in [-0.25, -0.2) is 9.59 Å². The van der Waals surface area contributed by atoms with E-state index in [1.54, 1.807) is 30.3 Å². The molecule has 0 saturated carbocycles. The lowest BCUT2D eigenvalue weighted by atomic mass is 10.3. The molecule has 6 nitrogen and oxygen atoms in total. The summed E-state index contributed by atoms with van der Waals surface area (Å²) in [6.07, 6.45) is -1.69. The Morgan fingerprint density at radius 2 is 1.82 bits per heavy atom. The molecule has 0 aliphatic carbocycles. The normalized spacial score (nSPS) is 9.47. The number of nitrogens with zero attached hydrogens (tertiary/aromatic N) is 1. The molecule has 90 valence electrons. The largest absolute Gasteiger partial charge is 0.513 e. The first kappa shape index (κ1) is 12.7. The van der Waals surface area contributed by atoms with Crippen molar-refractivity contribution in [2.45, 2.75) is 6.92 Å². The molecule has 0 aromatic heterocycles. The number of ether oxygens (including phenoxy) is 1. The molecule has 17 heavy (non-hydrogen) atoms. The molecule has 1 rings (SSSR count). The van der Waals surface area contributed by atoms with Crippen molar-refractivity contribution >= 4 is 23.7 Å². The summed E-state index contributed by atoms with van der Waals surface area (Å²) in [5.74, 6) is -1.38. The molecule has 0 unspecified atom stereocenters. The highest BCUT2D eigenvalue weighted by atomic mass is 16.7. The fourth-order valence-corrected chi connectivity index (χ4v) is 1.25. The van der Waals surface area contributed by atoms with Crippen molar-refractivity contribution in [2.75, 3.05) is 11.4 Å². The minimum Gasteiger partial charge on any atom is -0.449 e. The first-order valence-electron chi connectivity index (χ1n) is 4.77. The average molecular weight is 237 g/mol. The maximum Gasteiger partial charge on any atom is 0.513 e. The zero-order valence-electron chi connectivity index (χ0n) is 9.12. The molecule has 1 aromatic rings. The second kappa shape index (κ2) is 5.64. The van der Waals surface area contributed by atoms with E-state index in [-0.39, 0.29) is 5.91 Å². The van der Waals surface area contributed by atoms with Crippen molar-refractivity contribution in [1.82, 2.24) is 0 Å². The number of esters is 1. The van der Waals surface area contributed by atoms with Gasteiger partial charge in [0.05, 0.1) is 0 Å². The Balaban J connectivity index is 2.78. The van der Waals surface area contributed by atoms with Gasteiger partial charge in [-0.05, 0) is 12.1 Å². The summed E-state index contributed by atoms with van der Waals surface area (Å²) in [5, 5.41) is 8.26. The number of rotatable bonds is 3. The maximum atomic E-state index is 11.3. The molecular formula is C11H11NO5. The molecule has 1 N–H and O–H groups in total. The van der Waals surface area contributed by atoms with Gasteiger partial charge in [-0.15, -0.1) is 0 Å². The highest BCUT2D eigenvalue weighted by Gasteiger charge is 2.18. The SMILES string of the molecule is CC(=O)N(CC(=O)OC(=O)O)c1ccccc1. The summed E-state index contributed by atoms with van der Waals surface area (Å²) in [6, 6.07) is 8.43. The molecular weight excluding hydrogens is 226 g/mol. The van der Waals surface area contributed by atoms with Crippen molar-refractivity contribution in [1.29, 1.82) is 0 Å². The van der Waals surface area contributed by atoms with Crippen LogP contribution in [0.1, 0.15) is 6.92 Å². The monoisotopic (exact) mass is 237 g/mol. The smallest absolute Gasteiger partial charge is 0.449 e. The van der Waals surface area contributed by atoms with Gasteiger partial charge in [-0.2, -0.15) is 0 Å². The lowest BCUT2D eigenvalue weighted by Crippen LogP contribution is -2.35. The van der Waals surface area contributed by atoms with Crippen LogP contribution in [0, 0.1) is 0 Å². The first-order valence-corrected chi connectivity index (χ1v) is 4.77. The molecule has 0 spiro atoms. The molecule has 0 aliphatic heterocycles. The molecule has 0 fully saturated rings. The highest BCUT2D eigenvalue weighted by Crippen LogP contribution is 2.13. The third kappa shape index (κ3) is 3.94. The first-order chi connectivity index (χ1) is 8.00. The Hall–Kier alpha value is -2.37. The average Bonchev–Trinajstić information content (AvgIpc) is 2.25. The zero-order valence-corrected chi connectivity index (χ0v) is 9.12. The minimum absolute atomic E-state index is 0.376. The van der Waals surface area contributed by atoms with E-state index in [4.69, 9.17) is 5.11 Å². The second-order valence-corrected chi connectivity index (χ2v) is 3.18. The predicted octanol–water partition coefficient (Wildman–Crippen LogP) is 1.26. The molecule has 0 aliphatic rings. The standard InChI is InChI=1S/C11H11NO5/c1-8(13)12(7-10(14)17-11(15)16)9-5-3-2-4-6-9/h2-6H,7H2,1H3,(H,15,16). The van der Waals surface area contributed by atoms with Gasteiger partial charge in [0.25, 0.3) is 0 Å². The van der Waals surface area contributed by atoms with Crippen LogP contribution in [-0.2, 0) is 14.3 Å². The quantitative estimate of drug-likeness (QED) is 0.632. The van der Waals surface area contributed by atoms with Gasteiger partial charge in [-0.1, -0.05) is 18.2 Å². The fraction of sp³-hybridized carbons (Fsp3) is 0.182. The Morgan fingerprint density at radius 3 is 2.29 bits per heavy atom. The molecule has 0 radical (unpaired) electrons. The summed E-state index contributed by atoms with van der Waals surface area (Å²) >= 11 is 0. The third-order valence-electron chi connectivity index (χ3n) is 1.94. The van der Waals surface area contributed by atoms with E-state index in [1.807, 2.05) is 0 Å². The number of para-hydroxylation sites is 1. The predicted molar refractivity (Wildman–Crippen MR) is 58.6 cm³/mol. The van der Waals surface area contributed by atoms with Crippen LogP contribution in [0.3, 0.4) is 0 Å². The second-order valence-electron chi connectivity index (χ2n) is 3.18. The maximum absolute atomic E-state index is 11.3. The number of anilines is 1. The van der Waals surface area contributed by atoms with Gasteiger partial charge >= 0.3 is 12.1 Å². The minimum atomic E-state index is -1.69. The molecule has 0 saturated heterocycles. The van der Waals surface area contributed by atoms with Crippen LogP contribution in [0.25, 0.3) is 0 Å². The Morgan fingerprint density at radius 1 is 1.24 bits per heavy atom. The van der Waals surface area contributed by atoms with E-state index in [9.17, 15) is 14.4 Å². The molecule has 0 bridgehead atoms. The third-order valence-corrected chi connectivity index (χ3v) is 1.94. The summed E-state index contributed by atoms with van der Waals surface area (Å²) in [5.41, 5.74) is 0.502. The molecule has 1 aromatic carbocycles. The van der Waals surface area contributed by atoms with Crippen molar-refractivity contribution in [3.05, 3.63) is 30.3 Å². The van der Waals surface area contributed by atoms with Crippen LogP contribution in [0.2, 0.25) is 0 Å². The van der Waals surface area contributed by atoms with E-state index in [0.717, 1.165) is 4.90 Å². The van der Waals surface area contributed by atoms with Crippen molar-refractivity contribution < 1.29 is 24.2 Å². The summed E-state index contributed by atoms with van der Waals surface area (Å²) < 4.78 is 3.94. The number of carbonyl (C=O) groups is 3. The van der Waals surface area contributed by atoms with Gasteiger partial charge in [0, 0.05) is 12.6 Å². The van der Waals surface area contributed by atoms with Crippen LogP contribution in [0.15, 0.2) is 30.3 Å². The van der Waals surface area contributed by atoms with Gasteiger partial charge < -0.3 is 14.7 Å². The van der Waals surface area contributed by atoms with Gasteiger partial charge in [-0.3, -0.25) is 4.79 Å². The molecule has 6 heteroatoms. The number of amides is 1. The Kier molecular flexibility index (Phi) is 4.21. The lowest BCUT2D eigenvalue weighted by molar-refractivity contribution is -0.138. The van der Waals surface area contributed by atoms with Crippen molar-refractivity contribution in [3.8, 4) is 0 Å². The van der Waals surface area contributed by atoms with Crippen LogP contribution in [0.5, 0.6) is 0 Å². The Bertz CT molecular complexity index is 429. The Labute approximate surface area is 97.4 Å². The van der Waals surface area contributed by atoms with E-state index in [1.165, 1.54) is 6.92 Å². The lowest BCUT2D eigenvalue weighted by Gasteiger charge is -2.19. The van der Waals surface area contributed by atoms with Crippen molar-refractivity contribution in [2.24, 2.45) is 0 Å². The van der Waals surface area contributed by atoms with E-state index in [2.05, 4.69) is 4.74 Å². The van der Waals surface area contributed by atoms with Crippen LogP contribution in [0.4, 0.5) is 10.5 Å². The van der Waals surface area contributed by atoms with Gasteiger partial charge in [0.1, 0.15) is 6.54 Å². The number of hydrogen-bond donors (Lipinski definition) is 1. The van der Waals surface area contributed by atoms with Crippen LogP contribution in [-0.4, -0.2) is 29.7 Å². The number of benzene rings is 1. The van der Waals surface area contributed by atoms with Crippen molar-refractivity contribution in [3.63, 3.8) is 0 Å². The summed E-state index contributed by atoms with van der Waals surface area (Å²) in [7, 11) is 0. The summed E-state index contributed by atoms with van der Waals surface area (Å²) in [4.78, 5) is 33.8. The van der Waals surface area contributed by atoms with E-state index >= 15 is 0 Å². The number of hydrogen-bond acceptors (Lipinski definition) is 4. The van der Waals surface area contributed by atoms with E-state index < -0.39 is 18.7 Å². The summed E-state index contributed by atoms with van der Waals surface area (Å²) in [6.45, 7) is 0.840. The molecule has 0 atom stereocenters.